The Kier molecular flexibility index (Phi) is 5.63. The predicted octanol–water partition coefficient (Wildman–Crippen LogP) is 4.80. The smallest absolute Gasteiger partial charge is 0.406 e. The number of aryl methyl sites for hydroxylation is 1. The molecule has 0 aliphatic heterocycles. The second kappa shape index (κ2) is 7.68. The van der Waals surface area contributed by atoms with Crippen molar-refractivity contribution in [3.8, 4) is 5.75 Å². The zero-order valence-electron chi connectivity index (χ0n) is 12.9. The predicted molar refractivity (Wildman–Crippen MR) is 86.6 cm³/mol. The normalized spacial score (nSPS) is 11.5. The molecule has 6 heteroatoms. The van der Waals surface area contributed by atoms with Crippen molar-refractivity contribution in [1.29, 1.82) is 0 Å². The highest BCUT2D eigenvalue weighted by molar-refractivity contribution is 6.01. The number of amides is 1. The van der Waals surface area contributed by atoms with Gasteiger partial charge in [-0.25, -0.2) is 0 Å². The molecule has 0 aromatic heterocycles. The van der Waals surface area contributed by atoms with Gasteiger partial charge in [-0.1, -0.05) is 31.2 Å². The first-order chi connectivity index (χ1) is 11.4. The molecule has 0 aliphatic rings. The van der Waals surface area contributed by atoms with Gasteiger partial charge in [0.2, 0.25) is 5.91 Å². The fraction of sp³-hybridized carbons (Fsp3) is 0.167. The minimum Gasteiger partial charge on any atom is -0.406 e. The molecule has 2 aromatic carbocycles. The van der Waals surface area contributed by atoms with Gasteiger partial charge < -0.3 is 10.1 Å². The first-order valence-electron chi connectivity index (χ1n) is 7.29. The Morgan fingerprint density at radius 2 is 1.71 bits per heavy atom. The highest BCUT2D eigenvalue weighted by Crippen LogP contribution is 2.23. The molecule has 0 atom stereocenters. The molecule has 0 saturated carbocycles. The van der Waals surface area contributed by atoms with Crippen molar-refractivity contribution in [1.82, 2.24) is 0 Å². The van der Waals surface area contributed by atoms with E-state index in [0.29, 0.717) is 5.69 Å². The highest BCUT2D eigenvalue weighted by Gasteiger charge is 2.30. The summed E-state index contributed by atoms with van der Waals surface area (Å²) < 4.78 is 39.9. The van der Waals surface area contributed by atoms with Gasteiger partial charge in [-0.3, -0.25) is 4.79 Å². The number of hydrogen-bond acceptors (Lipinski definition) is 2. The summed E-state index contributed by atoms with van der Waals surface area (Å²) in [4.78, 5) is 11.8. The van der Waals surface area contributed by atoms with E-state index in [2.05, 4.69) is 17.0 Å². The summed E-state index contributed by atoms with van der Waals surface area (Å²) in [5, 5.41) is 2.56. The van der Waals surface area contributed by atoms with Crippen LogP contribution in [0.5, 0.6) is 5.75 Å². The molecule has 0 unspecified atom stereocenters. The third-order valence-electron chi connectivity index (χ3n) is 3.17. The monoisotopic (exact) mass is 335 g/mol. The molecule has 0 radical (unpaired) electrons. The molecule has 0 saturated heterocycles. The number of benzene rings is 2. The van der Waals surface area contributed by atoms with Crippen molar-refractivity contribution in [2.45, 2.75) is 19.7 Å². The van der Waals surface area contributed by atoms with Crippen LogP contribution < -0.4 is 10.1 Å². The molecule has 0 bridgehead atoms. The molecular weight excluding hydrogens is 319 g/mol. The minimum atomic E-state index is -4.74. The topological polar surface area (TPSA) is 38.3 Å². The van der Waals surface area contributed by atoms with E-state index in [9.17, 15) is 18.0 Å². The first-order valence-corrected chi connectivity index (χ1v) is 7.29. The maximum atomic E-state index is 12.1. The summed E-state index contributed by atoms with van der Waals surface area (Å²) in [7, 11) is 0. The lowest BCUT2D eigenvalue weighted by Gasteiger charge is -2.09. The number of ether oxygens (including phenoxy) is 1. The molecule has 2 aromatic rings. The highest BCUT2D eigenvalue weighted by atomic mass is 19.4. The molecule has 126 valence electrons. The molecule has 0 spiro atoms. The van der Waals surface area contributed by atoms with Gasteiger partial charge in [0.1, 0.15) is 5.75 Å². The molecule has 24 heavy (non-hydrogen) atoms. The first kappa shape index (κ1) is 17.6. The summed E-state index contributed by atoms with van der Waals surface area (Å²) >= 11 is 0. The van der Waals surface area contributed by atoms with Crippen molar-refractivity contribution in [2.75, 3.05) is 5.32 Å². The fourth-order valence-electron chi connectivity index (χ4n) is 1.96. The van der Waals surface area contributed by atoms with Crippen molar-refractivity contribution in [3.05, 3.63) is 65.7 Å². The lowest BCUT2D eigenvalue weighted by Crippen LogP contribution is -2.17. The van der Waals surface area contributed by atoms with Crippen LogP contribution in [0.3, 0.4) is 0 Å². The third kappa shape index (κ3) is 5.79. The van der Waals surface area contributed by atoms with Crippen LogP contribution in [0.2, 0.25) is 0 Å². The molecule has 0 fully saturated rings. The third-order valence-corrected chi connectivity index (χ3v) is 3.17. The Balaban J connectivity index is 1.92. The van der Waals surface area contributed by atoms with Crippen molar-refractivity contribution in [2.24, 2.45) is 0 Å². The summed E-state index contributed by atoms with van der Waals surface area (Å²) in [5.41, 5.74) is 2.47. The summed E-state index contributed by atoms with van der Waals surface area (Å²) in [5.74, 6) is -0.717. The average Bonchev–Trinajstić information content (AvgIpc) is 2.54. The number of anilines is 1. The van der Waals surface area contributed by atoms with E-state index in [-0.39, 0.29) is 11.7 Å². The standard InChI is InChI=1S/C18H16F3NO2/c1-2-13-3-5-14(6-4-13)7-12-17(23)22-15-8-10-16(11-9-15)24-18(19,20)21/h3-12H,2H2,1H3,(H,22,23)/b12-7+. The van der Waals surface area contributed by atoms with Crippen LogP contribution in [-0.2, 0) is 11.2 Å². The molecule has 2 rings (SSSR count). The van der Waals surface area contributed by atoms with Gasteiger partial charge >= 0.3 is 6.36 Å². The summed E-state index contributed by atoms with van der Waals surface area (Å²) in [6.45, 7) is 2.06. The van der Waals surface area contributed by atoms with Crippen molar-refractivity contribution < 1.29 is 22.7 Å². The average molecular weight is 335 g/mol. The van der Waals surface area contributed by atoms with E-state index in [4.69, 9.17) is 0 Å². The lowest BCUT2D eigenvalue weighted by molar-refractivity contribution is -0.274. The Hall–Kier alpha value is -2.76. The van der Waals surface area contributed by atoms with Crippen LogP contribution in [0.25, 0.3) is 6.08 Å². The number of alkyl halides is 3. The molecule has 3 nitrogen and oxygen atoms in total. The zero-order chi connectivity index (χ0) is 17.6. The number of hydrogen-bond donors (Lipinski definition) is 1. The van der Waals surface area contributed by atoms with Gasteiger partial charge in [-0.15, -0.1) is 13.2 Å². The lowest BCUT2D eigenvalue weighted by atomic mass is 10.1. The second-order valence-electron chi connectivity index (χ2n) is 4.99. The number of carbonyl (C=O) groups excluding carboxylic acids is 1. The maximum Gasteiger partial charge on any atom is 0.573 e. The van der Waals surface area contributed by atoms with Gasteiger partial charge in [0.05, 0.1) is 0 Å². The molecule has 1 amide bonds. The Labute approximate surface area is 137 Å². The van der Waals surface area contributed by atoms with Crippen LogP contribution >= 0.6 is 0 Å². The van der Waals surface area contributed by atoms with Crippen molar-refractivity contribution in [3.63, 3.8) is 0 Å². The van der Waals surface area contributed by atoms with E-state index in [1.54, 1.807) is 6.08 Å². The van der Waals surface area contributed by atoms with Crippen molar-refractivity contribution >= 4 is 17.7 Å². The van der Waals surface area contributed by atoms with E-state index < -0.39 is 6.36 Å². The fourth-order valence-corrected chi connectivity index (χ4v) is 1.96. The van der Waals surface area contributed by atoms with E-state index >= 15 is 0 Å². The Morgan fingerprint density at radius 3 is 2.25 bits per heavy atom. The van der Waals surface area contributed by atoms with Crippen LogP contribution in [0.15, 0.2) is 54.6 Å². The van der Waals surface area contributed by atoms with E-state index in [0.717, 1.165) is 24.1 Å². The second-order valence-corrected chi connectivity index (χ2v) is 4.99. The van der Waals surface area contributed by atoms with Gasteiger partial charge in [0.25, 0.3) is 0 Å². The SMILES string of the molecule is CCc1ccc(/C=C/C(=O)Nc2ccc(OC(F)(F)F)cc2)cc1. The molecular formula is C18H16F3NO2. The van der Waals surface area contributed by atoms with Crippen LogP contribution in [-0.4, -0.2) is 12.3 Å². The van der Waals surface area contributed by atoms with Crippen LogP contribution in [0, 0.1) is 0 Å². The molecule has 0 aliphatic carbocycles. The van der Waals surface area contributed by atoms with Gasteiger partial charge in [0, 0.05) is 11.8 Å². The van der Waals surface area contributed by atoms with Gasteiger partial charge in [-0.2, -0.15) is 0 Å². The minimum absolute atomic E-state index is 0.341. The zero-order valence-corrected chi connectivity index (χ0v) is 12.9. The molecule has 1 N–H and O–H groups in total. The van der Waals surface area contributed by atoms with Gasteiger partial charge in [-0.05, 0) is 47.9 Å². The number of nitrogens with one attached hydrogen (secondary N) is 1. The van der Waals surface area contributed by atoms with E-state index in [1.807, 2.05) is 24.3 Å². The Bertz CT molecular complexity index is 705. The number of rotatable bonds is 5. The maximum absolute atomic E-state index is 12.1. The number of carbonyl (C=O) groups is 1. The summed E-state index contributed by atoms with van der Waals surface area (Å²) in [6, 6.07) is 12.7. The summed E-state index contributed by atoms with van der Waals surface area (Å²) in [6.07, 6.45) is -0.768. The largest absolute Gasteiger partial charge is 0.573 e. The number of halogens is 3. The molecule has 0 heterocycles. The van der Waals surface area contributed by atoms with E-state index in [1.165, 1.54) is 23.8 Å². The van der Waals surface area contributed by atoms with Gasteiger partial charge in [0.15, 0.2) is 0 Å². The van der Waals surface area contributed by atoms with Crippen LogP contribution in [0.4, 0.5) is 18.9 Å². The quantitative estimate of drug-likeness (QED) is 0.797. The van der Waals surface area contributed by atoms with Crippen LogP contribution in [0.1, 0.15) is 18.1 Å². The Morgan fingerprint density at radius 1 is 1.08 bits per heavy atom.